The fourth-order valence-corrected chi connectivity index (χ4v) is 2.35. The minimum absolute atomic E-state index is 0.149. The van der Waals surface area contributed by atoms with E-state index in [1.807, 2.05) is 0 Å². The van der Waals surface area contributed by atoms with Crippen molar-refractivity contribution in [3.63, 3.8) is 0 Å². The molecule has 2 heterocycles. The lowest BCUT2D eigenvalue weighted by atomic mass is 10.0. The van der Waals surface area contributed by atoms with Crippen LogP contribution in [-0.2, 0) is 6.54 Å². The molecule has 3 rings (SSSR count). The van der Waals surface area contributed by atoms with Gasteiger partial charge in [0.15, 0.2) is 5.52 Å². The van der Waals surface area contributed by atoms with Crippen LogP contribution in [0.1, 0.15) is 23.0 Å². The molecular formula is C15H13N3O4. The number of aryl methyl sites for hydroxylation is 2. The maximum Gasteiger partial charge on any atom is 0.335 e. The van der Waals surface area contributed by atoms with Gasteiger partial charge in [-0.25, -0.2) is 9.48 Å². The molecule has 1 N–H and O–H groups in total. The van der Waals surface area contributed by atoms with E-state index in [1.54, 1.807) is 26.0 Å². The van der Waals surface area contributed by atoms with Gasteiger partial charge in [-0.1, -0.05) is 17.3 Å². The van der Waals surface area contributed by atoms with Gasteiger partial charge in [0, 0.05) is 12.1 Å². The molecule has 112 valence electrons. The number of carbonyl (C=O) groups is 1. The Morgan fingerprint density at radius 1 is 1.41 bits per heavy atom. The summed E-state index contributed by atoms with van der Waals surface area (Å²) in [7, 11) is 0. The minimum atomic E-state index is -1.02. The van der Waals surface area contributed by atoms with Gasteiger partial charge in [0.25, 0.3) is 5.56 Å². The maximum absolute atomic E-state index is 12.2. The average Bonchev–Trinajstić information content (AvgIpc) is 2.91. The third-order valence-electron chi connectivity index (χ3n) is 3.44. The summed E-state index contributed by atoms with van der Waals surface area (Å²) < 4.78 is 6.40. The van der Waals surface area contributed by atoms with Crippen molar-refractivity contribution < 1.29 is 14.4 Å². The molecule has 3 aromatic rings. The Kier molecular flexibility index (Phi) is 3.25. The van der Waals surface area contributed by atoms with Crippen LogP contribution < -0.4 is 5.56 Å². The van der Waals surface area contributed by atoms with Crippen molar-refractivity contribution in [2.75, 3.05) is 0 Å². The Morgan fingerprint density at radius 3 is 2.86 bits per heavy atom. The zero-order valence-corrected chi connectivity index (χ0v) is 12.0. The number of aromatic nitrogens is 3. The van der Waals surface area contributed by atoms with Crippen molar-refractivity contribution in [3.05, 3.63) is 45.9 Å². The Balaban J connectivity index is 2.37. The third kappa shape index (κ3) is 2.07. The first-order valence-electron chi connectivity index (χ1n) is 6.73. The largest absolute Gasteiger partial charge is 0.478 e. The average molecular weight is 299 g/mol. The van der Waals surface area contributed by atoms with Gasteiger partial charge < -0.3 is 9.63 Å². The second-order valence-electron chi connectivity index (χ2n) is 4.82. The first-order valence-corrected chi connectivity index (χ1v) is 6.73. The topological polar surface area (TPSA) is 98.2 Å². The molecule has 2 aromatic heterocycles. The Morgan fingerprint density at radius 2 is 2.18 bits per heavy atom. The first kappa shape index (κ1) is 14.0. The summed E-state index contributed by atoms with van der Waals surface area (Å²) in [5.74, 6) is -0.553. The lowest BCUT2D eigenvalue weighted by molar-refractivity contribution is 0.0697. The van der Waals surface area contributed by atoms with Crippen LogP contribution in [-0.4, -0.2) is 26.0 Å². The Bertz CT molecular complexity index is 940. The second-order valence-corrected chi connectivity index (χ2v) is 4.82. The van der Waals surface area contributed by atoms with E-state index >= 15 is 0 Å². The molecule has 0 saturated carbocycles. The summed E-state index contributed by atoms with van der Waals surface area (Å²) >= 11 is 0. The number of nitrogens with zero attached hydrogens (tertiary/aromatic N) is 3. The molecule has 0 bridgehead atoms. The molecule has 0 radical (unpaired) electrons. The molecule has 0 unspecified atom stereocenters. The van der Waals surface area contributed by atoms with Crippen LogP contribution in [0.4, 0.5) is 0 Å². The fourth-order valence-electron chi connectivity index (χ4n) is 2.35. The predicted molar refractivity (Wildman–Crippen MR) is 78.9 cm³/mol. The Labute approximate surface area is 124 Å². The molecule has 0 atom stereocenters. The lowest BCUT2D eigenvalue weighted by Gasteiger charge is -2.07. The summed E-state index contributed by atoms with van der Waals surface area (Å²) in [6, 6.07) is 6.39. The van der Waals surface area contributed by atoms with Gasteiger partial charge in [-0.2, -0.15) is 5.10 Å². The highest BCUT2D eigenvalue weighted by atomic mass is 16.5. The fraction of sp³-hybridized carbons (Fsp3) is 0.200. The molecule has 7 heteroatoms. The van der Waals surface area contributed by atoms with Crippen LogP contribution in [0, 0.1) is 6.92 Å². The highest BCUT2D eigenvalue weighted by molar-refractivity contribution is 5.95. The molecule has 0 spiro atoms. The number of carboxylic acids is 1. The number of carboxylic acid groups (broad SMARTS) is 1. The van der Waals surface area contributed by atoms with E-state index in [9.17, 15) is 9.59 Å². The van der Waals surface area contributed by atoms with E-state index in [2.05, 4.69) is 10.3 Å². The molecule has 0 amide bonds. The van der Waals surface area contributed by atoms with Crippen molar-refractivity contribution >= 4 is 16.9 Å². The van der Waals surface area contributed by atoms with Crippen molar-refractivity contribution in [1.82, 2.24) is 14.9 Å². The minimum Gasteiger partial charge on any atom is -0.478 e. The van der Waals surface area contributed by atoms with Crippen molar-refractivity contribution in [1.29, 1.82) is 0 Å². The smallest absolute Gasteiger partial charge is 0.335 e. The molecule has 0 aliphatic heterocycles. The molecule has 1 aromatic carbocycles. The third-order valence-corrected chi connectivity index (χ3v) is 3.44. The molecule has 0 fully saturated rings. The zero-order chi connectivity index (χ0) is 15.9. The van der Waals surface area contributed by atoms with Gasteiger partial charge in [0.05, 0.1) is 10.9 Å². The quantitative estimate of drug-likeness (QED) is 0.795. The van der Waals surface area contributed by atoms with Gasteiger partial charge in [0.2, 0.25) is 0 Å². The number of fused-ring (bicyclic) bond motifs is 1. The van der Waals surface area contributed by atoms with E-state index in [-0.39, 0.29) is 16.6 Å². The standard InChI is InChI=1S/C15H13N3O4/c1-3-18-14(19)13-11(8(2)22-17-13)12(16-18)9-5-4-6-10(7-9)15(20)21/h4-7H,3H2,1-2H3,(H,20,21). The number of rotatable bonds is 3. The summed E-state index contributed by atoms with van der Waals surface area (Å²) in [5.41, 5.74) is 1.10. The Hall–Kier alpha value is -2.96. The van der Waals surface area contributed by atoms with Crippen molar-refractivity contribution in [2.24, 2.45) is 0 Å². The van der Waals surface area contributed by atoms with Gasteiger partial charge in [-0.05, 0) is 26.0 Å². The summed E-state index contributed by atoms with van der Waals surface area (Å²) in [4.78, 5) is 23.4. The number of hydrogen-bond donors (Lipinski definition) is 1. The van der Waals surface area contributed by atoms with E-state index in [1.165, 1.54) is 16.8 Å². The molecule has 0 aliphatic carbocycles. The molecule has 0 saturated heterocycles. The van der Waals surface area contributed by atoms with Gasteiger partial charge in [-0.3, -0.25) is 4.79 Å². The normalized spacial score (nSPS) is 11.0. The molecule has 0 aliphatic rings. The van der Waals surface area contributed by atoms with Crippen LogP contribution in [0.25, 0.3) is 22.2 Å². The van der Waals surface area contributed by atoms with Crippen LogP contribution in [0.5, 0.6) is 0 Å². The molecule has 22 heavy (non-hydrogen) atoms. The zero-order valence-electron chi connectivity index (χ0n) is 12.0. The van der Waals surface area contributed by atoms with E-state index in [4.69, 9.17) is 9.63 Å². The monoisotopic (exact) mass is 299 g/mol. The highest BCUT2D eigenvalue weighted by Gasteiger charge is 2.18. The maximum atomic E-state index is 12.2. The summed E-state index contributed by atoms with van der Waals surface area (Å²) in [6.07, 6.45) is 0. The SMILES string of the molecule is CCn1nc(-c2cccc(C(=O)O)c2)c2c(C)onc2c1=O. The number of benzene rings is 1. The van der Waals surface area contributed by atoms with Gasteiger partial charge in [0.1, 0.15) is 11.5 Å². The van der Waals surface area contributed by atoms with Gasteiger partial charge >= 0.3 is 5.97 Å². The first-order chi connectivity index (χ1) is 10.5. The highest BCUT2D eigenvalue weighted by Crippen LogP contribution is 2.27. The van der Waals surface area contributed by atoms with Crippen molar-refractivity contribution in [2.45, 2.75) is 20.4 Å². The van der Waals surface area contributed by atoms with E-state index in [0.29, 0.717) is 28.9 Å². The lowest BCUT2D eigenvalue weighted by Crippen LogP contribution is -2.23. The van der Waals surface area contributed by atoms with Crippen molar-refractivity contribution in [3.8, 4) is 11.3 Å². The van der Waals surface area contributed by atoms with Crippen LogP contribution in [0.2, 0.25) is 0 Å². The van der Waals surface area contributed by atoms with Crippen LogP contribution >= 0.6 is 0 Å². The molecular weight excluding hydrogens is 286 g/mol. The number of hydrogen-bond acceptors (Lipinski definition) is 5. The van der Waals surface area contributed by atoms with Crippen LogP contribution in [0.3, 0.4) is 0 Å². The summed E-state index contributed by atoms with van der Waals surface area (Å²) in [6.45, 7) is 3.87. The van der Waals surface area contributed by atoms with Gasteiger partial charge in [-0.15, -0.1) is 0 Å². The predicted octanol–water partition coefficient (Wildman–Crippen LogP) is 2.08. The summed E-state index contributed by atoms with van der Waals surface area (Å²) in [5, 5.41) is 17.8. The van der Waals surface area contributed by atoms with E-state index < -0.39 is 5.97 Å². The van der Waals surface area contributed by atoms with E-state index in [0.717, 1.165) is 0 Å². The number of aromatic carboxylic acids is 1. The second kappa shape index (κ2) is 5.10. The van der Waals surface area contributed by atoms with Crippen LogP contribution in [0.15, 0.2) is 33.6 Å². The molecule has 7 nitrogen and oxygen atoms in total.